The van der Waals surface area contributed by atoms with Gasteiger partial charge in [0.05, 0.1) is 19.7 Å². The normalized spacial score (nSPS) is 16.5. The van der Waals surface area contributed by atoms with Crippen LogP contribution in [0.25, 0.3) is 10.9 Å². The average Bonchev–Trinajstić information content (AvgIpc) is 3.42. The molecular weight excluding hydrogens is 428 g/mol. The molecule has 2 aromatic rings. The fraction of sp³-hybridized carbons (Fsp3) is 0.478. The van der Waals surface area contributed by atoms with Gasteiger partial charge in [-0.05, 0) is 44.9 Å². The third-order valence-electron chi connectivity index (χ3n) is 5.87. The van der Waals surface area contributed by atoms with Crippen LogP contribution in [0.5, 0.6) is 5.75 Å². The van der Waals surface area contributed by atoms with E-state index in [4.69, 9.17) is 4.74 Å². The van der Waals surface area contributed by atoms with Gasteiger partial charge in [0.1, 0.15) is 18.1 Å². The number of ketones is 1. The number of nitrogens with zero attached hydrogens (tertiary/aromatic N) is 1. The quantitative estimate of drug-likeness (QED) is 0.411. The Hall–Kier alpha value is -3.40. The number of H-pyrrole nitrogens is 1. The molecule has 1 aliphatic rings. The Morgan fingerprint density at radius 2 is 2.06 bits per heavy atom. The third-order valence-corrected chi connectivity index (χ3v) is 5.87. The number of aliphatic hydroxyl groups is 1. The molecule has 3 rings (SSSR count). The minimum Gasteiger partial charge on any atom is -0.496 e. The van der Waals surface area contributed by atoms with Crippen LogP contribution in [0.1, 0.15) is 37.2 Å². The highest BCUT2D eigenvalue weighted by molar-refractivity contribution is 6.01. The number of ether oxygens (including phenoxy) is 1. The molecule has 0 radical (unpaired) electrons. The predicted octanol–water partition coefficient (Wildman–Crippen LogP) is 0.600. The van der Waals surface area contributed by atoms with Crippen molar-refractivity contribution in [2.75, 3.05) is 26.8 Å². The topological polar surface area (TPSA) is 141 Å². The van der Waals surface area contributed by atoms with Gasteiger partial charge in [0, 0.05) is 29.4 Å². The van der Waals surface area contributed by atoms with Gasteiger partial charge in [-0.15, -0.1) is 0 Å². The summed E-state index contributed by atoms with van der Waals surface area (Å²) in [5.74, 6) is -1.44. The van der Waals surface area contributed by atoms with Crippen molar-refractivity contribution in [3.05, 3.63) is 30.0 Å². The van der Waals surface area contributed by atoms with E-state index in [1.54, 1.807) is 39.2 Å². The second-order valence-electron chi connectivity index (χ2n) is 8.33. The Kier molecular flexibility index (Phi) is 7.70. The molecule has 10 heteroatoms. The summed E-state index contributed by atoms with van der Waals surface area (Å²) in [4.78, 5) is 54.6. The number of aliphatic hydroxyl groups excluding tert-OH is 1. The minimum atomic E-state index is -0.953. The third kappa shape index (κ3) is 5.33. The Balaban J connectivity index is 1.72. The zero-order chi connectivity index (χ0) is 24.1. The van der Waals surface area contributed by atoms with Crippen molar-refractivity contribution in [1.82, 2.24) is 20.5 Å². The number of methoxy groups -OCH3 is 1. The molecule has 0 aliphatic carbocycles. The molecule has 1 aromatic heterocycles. The number of nitrogens with one attached hydrogen (secondary N) is 3. The summed E-state index contributed by atoms with van der Waals surface area (Å²) in [6, 6.07) is 5.70. The summed E-state index contributed by atoms with van der Waals surface area (Å²) in [5.41, 5.74) is 0.988. The van der Waals surface area contributed by atoms with Gasteiger partial charge in [-0.2, -0.15) is 0 Å². The molecule has 2 heterocycles. The van der Waals surface area contributed by atoms with Crippen molar-refractivity contribution >= 4 is 34.4 Å². The first kappa shape index (κ1) is 24.2. The number of Topliss-reactive ketones (excluding diaryl/α,β-unsaturated/α-hetero) is 1. The first-order chi connectivity index (χ1) is 15.8. The summed E-state index contributed by atoms with van der Waals surface area (Å²) in [5, 5.41) is 15.5. The maximum Gasteiger partial charge on any atom is 0.268 e. The van der Waals surface area contributed by atoms with Crippen molar-refractivity contribution in [3.63, 3.8) is 0 Å². The van der Waals surface area contributed by atoms with Crippen LogP contribution in [0, 0.1) is 5.92 Å². The zero-order valence-corrected chi connectivity index (χ0v) is 19.0. The van der Waals surface area contributed by atoms with Crippen molar-refractivity contribution < 1.29 is 29.0 Å². The van der Waals surface area contributed by atoms with E-state index < -0.39 is 36.2 Å². The number of fused-ring (bicyclic) bond motifs is 1. The summed E-state index contributed by atoms with van der Waals surface area (Å²) in [6.07, 6.45) is 0.694. The number of carbonyl (C=O) groups is 4. The van der Waals surface area contributed by atoms with E-state index in [1.165, 1.54) is 4.90 Å². The molecule has 10 nitrogen and oxygen atoms in total. The van der Waals surface area contributed by atoms with E-state index in [-0.39, 0.29) is 30.6 Å². The Morgan fingerprint density at radius 3 is 2.67 bits per heavy atom. The van der Waals surface area contributed by atoms with E-state index in [9.17, 15) is 24.3 Å². The molecule has 0 bridgehead atoms. The number of hydrogen-bond donors (Lipinski definition) is 4. The summed E-state index contributed by atoms with van der Waals surface area (Å²) in [6.45, 7) is 2.94. The number of amides is 3. The molecule has 0 spiro atoms. The van der Waals surface area contributed by atoms with Gasteiger partial charge in [0.2, 0.25) is 11.8 Å². The highest BCUT2D eigenvalue weighted by atomic mass is 16.5. The van der Waals surface area contributed by atoms with Crippen molar-refractivity contribution in [2.24, 2.45) is 5.92 Å². The lowest BCUT2D eigenvalue weighted by molar-refractivity contribution is -0.143. The van der Waals surface area contributed by atoms with Gasteiger partial charge in [-0.25, -0.2) is 0 Å². The zero-order valence-electron chi connectivity index (χ0n) is 19.0. The van der Waals surface area contributed by atoms with Crippen LogP contribution >= 0.6 is 0 Å². The molecule has 0 saturated carbocycles. The van der Waals surface area contributed by atoms with Crippen LogP contribution in [-0.2, 0) is 14.4 Å². The Bertz CT molecular complexity index is 1050. The Labute approximate surface area is 191 Å². The molecule has 4 N–H and O–H groups in total. The molecule has 1 aromatic carbocycles. The van der Waals surface area contributed by atoms with Crippen LogP contribution in [0.15, 0.2) is 24.3 Å². The van der Waals surface area contributed by atoms with Crippen molar-refractivity contribution in [2.45, 2.75) is 38.8 Å². The maximum absolute atomic E-state index is 13.1. The standard InChI is InChI=1S/C23H30N4O6/c1-13(2)27(18(19(29)12-28)9-14-7-8-24-22(14)31)21(30)11-25-23(32)17-10-15-16(26-17)5-4-6-20(15)33-3/h4-6,10,13-14,18,26,28H,7-9,11-12H2,1-3H3,(H,24,31)(H,25,32). The molecule has 33 heavy (non-hydrogen) atoms. The van der Waals surface area contributed by atoms with Gasteiger partial charge < -0.3 is 30.4 Å². The van der Waals surface area contributed by atoms with Gasteiger partial charge in [0.15, 0.2) is 5.78 Å². The number of carbonyl (C=O) groups excluding carboxylic acids is 4. The lowest BCUT2D eigenvalue weighted by Crippen LogP contribution is -2.53. The van der Waals surface area contributed by atoms with Gasteiger partial charge in [-0.3, -0.25) is 19.2 Å². The van der Waals surface area contributed by atoms with E-state index in [1.807, 2.05) is 6.07 Å². The van der Waals surface area contributed by atoms with Gasteiger partial charge in [-0.1, -0.05) is 6.07 Å². The first-order valence-corrected chi connectivity index (χ1v) is 10.9. The van der Waals surface area contributed by atoms with Crippen LogP contribution in [-0.4, -0.2) is 77.4 Å². The highest BCUT2D eigenvalue weighted by Gasteiger charge is 2.36. The fourth-order valence-corrected chi connectivity index (χ4v) is 4.24. The molecule has 178 valence electrons. The van der Waals surface area contributed by atoms with E-state index in [0.29, 0.717) is 18.7 Å². The molecule has 2 atom stereocenters. The summed E-state index contributed by atoms with van der Waals surface area (Å²) < 4.78 is 5.30. The number of aromatic amines is 1. The lowest BCUT2D eigenvalue weighted by atomic mass is 9.94. The van der Waals surface area contributed by atoms with Crippen molar-refractivity contribution in [3.8, 4) is 5.75 Å². The lowest BCUT2D eigenvalue weighted by Gasteiger charge is -2.35. The summed E-state index contributed by atoms with van der Waals surface area (Å²) in [7, 11) is 1.54. The number of aromatic nitrogens is 1. The average molecular weight is 459 g/mol. The highest BCUT2D eigenvalue weighted by Crippen LogP contribution is 2.26. The molecular formula is C23H30N4O6. The number of hydrogen-bond acceptors (Lipinski definition) is 6. The molecule has 1 fully saturated rings. The molecule has 1 saturated heterocycles. The first-order valence-electron chi connectivity index (χ1n) is 10.9. The van der Waals surface area contributed by atoms with Gasteiger partial charge >= 0.3 is 0 Å². The van der Waals surface area contributed by atoms with Crippen molar-refractivity contribution in [1.29, 1.82) is 0 Å². The largest absolute Gasteiger partial charge is 0.496 e. The summed E-state index contributed by atoms with van der Waals surface area (Å²) >= 11 is 0. The van der Waals surface area contributed by atoms with E-state index >= 15 is 0 Å². The second-order valence-corrected chi connectivity index (χ2v) is 8.33. The monoisotopic (exact) mass is 458 g/mol. The fourth-order valence-electron chi connectivity index (χ4n) is 4.24. The van der Waals surface area contributed by atoms with Gasteiger partial charge in [0.25, 0.3) is 5.91 Å². The smallest absolute Gasteiger partial charge is 0.268 e. The molecule has 3 amide bonds. The predicted molar refractivity (Wildman–Crippen MR) is 121 cm³/mol. The number of rotatable bonds is 10. The Morgan fingerprint density at radius 1 is 1.30 bits per heavy atom. The van der Waals surface area contributed by atoms with Crippen LogP contribution < -0.4 is 15.4 Å². The SMILES string of the molecule is COc1cccc2[nH]c(C(=O)NCC(=O)N(C(C)C)C(CC3CCNC3=O)C(=O)CO)cc12. The number of benzene rings is 1. The van der Waals surface area contributed by atoms with Crippen LogP contribution in [0.4, 0.5) is 0 Å². The van der Waals surface area contributed by atoms with Crippen LogP contribution in [0.2, 0.25) is 0 Å². The van der Waals surface area contributed by atoms with E-state index in [2.05, 4.69) is 15.6 Å². The second kappa shape index (κ2) is 10.5. The van der Waals surface area contributed by atoms with E-state index in [0.717, 1.165) is 10.9 Å². The molecule has 2 unspecified atom stereocenters. The maximum atomic E-state index is 13.1. The van der Waals surface area contributed by atoms with Crippen LogP contribution in [0.3, 0.4) is 0 Å². The minimum absolute atomic E-state index is 0.130. The molecule has 1 aliphatic heterocycles.